The third kappa shape index (κ3) is 7.75. The van der Waals surface area contributed by atoms with E-state index in [4.69, 9.17) is 4.74 Å². The number of hydrogen-bond donors (Lipinski definition) is 2. The molecular formula is C16H24N2O4. The van der Waals surface area contributed by atoms with Crippen molar-refractivity contribution in [3.8, 4) is 0 Å². The van der Waals surface area contributed by atoms with Crippen LogP contribution in [0, 0.1) is 0 Å². The van der Waals surface area contributed by atoms with E-state index in [0.29, 0.717) is 18.8 Å². The third-order valence-electron chi connectivity index (χ3n) is 3.02. The number of anilines is 1. The Morgan fingerprint density at radius 3 is 2.55 bits per heavy atom. The van der Waals surface area contributed by atoms with Gasteiger partial charge in [0.2, 0.25) is 5.91 Å². The molecule has 1 rings (SSSR count). The molecule has 1 aromatic carbocycles. The molecule has 0 bridgehead atoms. The number of hydrogen-bond acceptors (Lipinski definition) is 4. The molecule has 0 heterocycles. The van der Waals surface area contributed by atoms with Crippen molar-refractivity contribution in [1.29, 1.82) is 0 Å². The fourth-order valence-electron chi connectivity index (χ4n) is 1.92. The predicted octanol–water partition coefficient (Wildman–Crippen LogP) is -0.488. The van der Waals surface area contributed by atoms with Crippen molar-refractivity contribution >= 4 is 17.6 Å². The highest BCUT2D eigenvalue weighted by Crippen LogP contribution is 2.05. The molecule has 3 N–H and O–H groups in total. The summed E-state index contributed by atoms with van der Waals surface area (Å²) in [6.45, 7) is 5.04. The maximum atomic E-state index is 11.9. The summed E-state index contributed by atoms with van der Waals surface area (Å²) >= 11 is 0. The minimum absolute atomic E-state index is 0.123. The number of carboxylic acid groups (broad SMARTS) is 1. The summed E-state index contributed by atoms with van der Waals surface area (Å²) in [5.41, 5.74) is 0.648. The van der Waals surface area contributed by atoms with Crippen LogP contribution in [0.1, 0.15) is 26.7 Å². The zero-order valence-corrected chi connectivity index (χ0v) is 13.1. The molecular weight excluding hydrogens is 284 g/mol. The van der Waals surface area contributed by atoms with Crippen molar-refractivity contribution in [2.45, 2.75) is 38.8 Å². The summed E-state index contributed by atoms with van der Waals surface area (Å²) in [6.07, 6.45) is 0.762. The molecule has 0 aromatic heterocycles. The van der Waals surface area contributed by atoms with Gasteiger partial charge < -0.3 is 25.3 Å². The van der Waals surface area contributed by atoms with Gasteiger partial charge >= 0.3 is 0 Å². The molecule has 0 saturated carbocycles. The highest BCUT2D eigenvalue weighted by Gasteiger charge is 2.18. The SMILES string of the molecule is CC(C)OCCC[NH2+][C@H](CC(=O)Nc1ccccc1)C(=O)[O-]. The highest BCUT2D eigenvalue weighted by atomic mass is 16.5. The van der Waals surface area contributed by atoms with Crippen LogP contribution in [0.2, 0.25) is 0 Å². The largest absolute Gasteiger partial charge is 0.544 e. The van der Waals surface area contributed by atoms with E-state index in [0.717, 1.165) is 6.42 Å². The van der Waals surface area contributed by atoms with Gasteiger partial charge in [0.15, 0.2) is 0 Å². The average Bonchev–Trinajstić information content (AvgIpc) is 2.46. The van der Waals surface area contributed by atoms with Gasteiger partial charge in [-0.2, -0.15) is 0 Å². The Kier molecular flexibility index (Phi) is 8.17. The Morgan fingerprint density at radius 1 is 1.27 bits per heavy atom. The van der Waals surface area contributed by atoms with Crippen LogP contribution in [-0.2, 0) is 14.3 Å². The Hall–Kier alpha value is -1.92. The number of quaternary nitrogens is 1. The van der Waals surface area contributed by atoms with Gasteiger partial charge in [-0.25, -0.2) is 0 Å². The van der Waals surface area contributed by atoms with Crippen molar-refractivity contribution in [2.24, 2.45) is 0 Å². The number of nitrogens with one attached hydrogen (secondary N) is 1. The number of carboxylic acids is 1. The summed E-state index contributed by atoms with van der Waals surface area (Å²) < 4.78 is 5.38. The van der Waals surface area contributed by atoms with Crippen molar-refractivity contribution in [3.05, 3.63) is 30.3 Å². The van der Waals surface area contributed by atoms with E-state index < -0.39 is 12.0 Å². The van der Waals surface area contributed by atoms with E-state index in [2.05, 4.69) is 5.32 Å². The molecule has 0 fully saturated rings. The first-order chi connectivity index (χ1) is 10.5. The van der Waals surface area contributed by atoms with Crippen molar-refractivity contribution < 1.29 is 24.7 Å². The number of aliphatic carboxylic acids is 1. The van der Waals surface area contributed by atoms with Crippen LogP contribution in [0.5, 0.6) is 0 Å². The molecule has 6 heteroatoms. The zero-order valence-electron chi connectivity index (χ0n) is 13.1. The first kappa shape index (κ1) is 18.1. The van der Waals surface area contributed by atoms with E-state index in [1.54, 1.807) is 29.6 Å². The van der Waals surface area contributed by atoms with Gasteiger partial charge in [0.25, 0.3) is 0 Å². The molecule has 0 aliphatic carbocycles. The quantitative estimate of drug-likeness (QED) is 0.570. The lowest BCUT2D eigenvalue weighted by atomic mass is 10.2. The van der Waals surface area contributed by atoms with Crippen LogP contribution in [0.15, 0.2) is 30.3 Å². The van der Waals surface area contributed by atoms with Gasteiger partial charge in [-0.15, -0.1) is 0 Å². The van der Waals surface area contributed by atoms with E-state index in [9.17, 15) is 14.7 Å². The number of amides is 1. The highest BCUT2D eigenvalue weighted by molar-refractivity contribution is 5.93. The molecule has 0 radical (unpaired) electrons. The van der Waals surface area contributed by atoms with Crippen LogP contribution in [0.25, 0.3) is 0 Å². The fraction of sp³-hybridized carbons (Fsp3) is 0.500. The molecule has 6 nitrogen and oxygen atoms in total. The first-order valence-electron chi connectivity index (χ1n) is 7.49. The summed E-state index contributed by atoms with van der Waals surface area (Å²) in [7, 11) is 0. The Morgan fingerprint density at radius 2 is 1.95 bits per heavy atom. The molecule has 0 saturated heterocycles. The average molecular weight is 308 g/mol. The third-order valence-corrected chi connectivity index (χ3v) is 3.02. The van der Waals surface area contributed by atoms with Crippen molar-refractivity contribution in [2.75, 3.05) is 18.5 Å². The number of para-hydroxylation sites is 1. The number of rotatable bonds is 10. The van der Waals surface area contributed by atoms with Gasteiger partial charge in [-0.1, -0.05) is 18.2 Å². The first-order valence-corrected chi connectivity index (χ1v) is 7.49. The lowest BCUT2D eigenvalue weighted by Crippen LogP contribution is -2.93. The maximum Gasteiger partial charge on any atom is 0.230 e. The Labute approximate surface area is 130 Å². The molecule has 122 valence electrons. The van der Waals surface area contributed by atoms with E-state index in [1.165, 1.54) is 0 Å². The molecule has 0 spiro atoms. The molecule has 0 unspecified atom stereocenters. The fourth-order valence-corrected chi connectivity index (χ4v) is 1.92. The van der Waals surface area contributed by atoms with Gasteiger partial charge in [-0.3, -0.25) is 4.79 Å². The number of carbonyl (C=O) groups excluding carboxylic acids is 2. The second kappa shape index (κ2) is 9.92. The van der Waals surface area contributed by atoms with E-state index >= 15 is 0 Å². The van der Waals surface area contributed by atoms with Gasteiger partial charge in [0.1, 0.15) is 6.04 Å². The minimum atomic E-state index is -1.23. The topological polar surface area (TPSA) is 95.1 Å². The second-order valence-electron chi connectivity index (χ2n) is 5.34. The normalized spacial score (nSPS) is 12.1. The summed E-state index contributed by atoms with van der Waals surface area (Å²) in [5.74, 6) is -1.57. The van der Waals surface area contributed by atoms with Gasteiger partial charge in [0.05, 0.1) is 31.6 Å². The smallest absolute Gasteiger partial charge is 0.230 e. The molecule has 1 atom stereocenters. The monoisotopic (exact) mass is 308 g/mol. The summed E-state index contributed by atoms with van der Waals surface area (Å²) in [5, 5.41) is 15.4. The van der Waals surface area contributed by atoms with Crippen LogP contribution >= 0.6 is 0 Å². The number of nitrogens with two attached hydrogens (primary N) is 1. The van der Waals surface area contributed by atoms with Crippen LogP contribution < -0.4 is 15.7 Å². The zero-order chi connectivity index (χ0) is 16.4. The number of carbonyl (C=O) groups is 2. The van der Waals surface area contributed by atoms with Crippen LogP contribution in [0.3, 0.4) is 0 Å². The molecule has 1 amide bonds. The number of ether oxygens (including phenoxy) is 1. The second-order valence-corrected chi connectivity index (χ2v) is 5.34. The minimum Gasteiger partial charge on any atom is -0.544 e. The molecule has 0 aliphatic rings. The summed E-state index contributed by atoms with van der Waals surface area (Å²) in [6, 6.07) is 8.05. The lowest BCUT2D eigenvalue weighted by molar-refractivity contribution is -0.682. The molecule has 1 aromatic rings. The standard InChI is InChI=1S/C16H24N2O4/c1-12(2)22-10-6-9-17-14(16(20)21)11-15(19)18-13-7-4-3-5-8-13/h3-5,7-8,12,14,17H,6,9-11H2,1-2H3,(H,18,19)(H,20,21)/t14-/m1/s1. The van der Waals surface area contributed by atoms with Gasteiger partial charge in [-0.05, 0) is 26.0 Å². The van der Waals surface area contributed by atoms with E-state index in [1.807, 2.05) is 19.9 Å². The predicted molar refractivity (Wildman–Crippen MR) is 81.0 cm³/mol. The lowest BCUT2D eigenvalue weighted by Gasteiger charge is -2.16. The maximum absolute atomic E-state index is 11.9. The van der Waals surface area contributed by atoms with Crippen molar-refractivity contribution in [3.63, 3.8) is 0 Å². The Bertz CT molecular complexity index is 462. The van der Waals surface area contributed by atoms with Crippen molar-refractivity contribution in [1.82, 2.24) is 0 Å². The van der Waals surface area contributed by atoms with Crippen LogP contribution in [-0.4, -0.2) is 37.2 Å². The molecule has 0 aliphatic heterocycles. The number of benzene rings is 1. The van der Waals surface area contributed by atoms with Crippen LogP contribution in [0.4, 0.5) is 5.69 Å². The van der Waals surface area contributed by atoms with E-state index in [-0.39, 0.29) is 18.4 Å². The van der Waals surface area contributed by atoms with Gasteiger partial charge in [0, 0.05) is 12.1 Å². The molecule has 22 heavy (non-hydrogen) atoms. The summed E-state index contributed by atoms with van der Waals surface area (Å²) in [4.78, 5) is 23.0. The Balaban J connectivity index is 2.34.